The first kappa shape index (κ1) is 20.4. The van der Waals surface area contributed by atoms with E-state index in [2.05, 4.69) is 0 Å². The summed E-state index contributed by atoms with van der Waals surface area (Å²) in [6.07, 6.45) is 0. The second-order valence-electron chi connectivity index (χ2n) is 6.75. The van der Waals surface area contributed by atoms with Crippen LogP contribution in [0.25, 0.3) is 0 Å². The number of rotatable bonds is 5. The lowest BCUT2D eigenvalue weighted by Gasteiger charge is -2.26. The van der Waals surface area contributed by atoms with Crippen LogP contribution in [0.15, 0.2) is 47.4 Å². The van der Waals surface area contributed by atoms with Crippen molar-refractivity contribution in [2.45, 2.75) is 18.4 Å². The molecule has 0 aliphatic carbocycles. The first-order chi connectivity index (χ1) is 13.3. The Labute approximate surface area is 164 Å². The summed E-state index contributed by atoms with van der Waals surface area (Å²) < 4.78 is 46.3. The highest BCUT2D eigenvalue weighted by Gasteiger charge is 2.30. The van der Waals surface area contributed by atoms with Crippen molar-refractivity contribution in [2.75, 3.05) is 33.4 Å². The fourth-order valence-corrected chi connectivity index (χ4v) is 4.59. The molecule has 1 amide bonds. The van der Waals surface area contributed by atoms with E-state index in [1.165, 1.54) is 15.3 Å². The lowest BCUT2D eigenvalue weighted by molar-refractivity contribution is 0.0729. The van der Waals surface area contributed by atoms with Gasteiger partial charge in [-0.1, -0.05) is 24.3 Å². The quantitative estimate of drug-likeness (QED) is 0.765. The molecule has 0 unspecified atom stereocenters. The van der Waals surface area contributed by atoms with E-state index in [9.17, 15) is 17.6 Å². The minimum atomic E-state index is -4.03. The van der Waals surface area contributed by atoms with Crippen LogP contribution in [-0.4, -0.2) is 56.9 Å². The molecule has 0 spiro atoms. The Kier molecular flexibility index (Phi) is 6.12. The van der Waals surface area contributed by atoms with Crippen LogP contribution >= 0.6 is 0 Å². The molecule has 0 radical (unpaired) electrons. The molecule has 2 aromatic rings. The third-order valence-corrected chi connectivity index (χ3v) is 6.70. The van der Waals surface area contributed by atoms with E-state index in [-0.39, 0.29) is 37.8 Å². The Balaban J connectivity index is 1.86. The molecule has 0 atom stereocenters. The number of amides is 1. The second kappa shape index (κ2) is 8.38. The van der Waals surface area contributed by atoms with Crippen LogP contribution in [0, 0.1) is 12.7 Å². The summed E-state index contributed by atoms with van der Waals surface area (Å²) in [4.78, 5) is 13.8. The zero-order valence-electron chi connectivity index (χ0n) is 15.9. The minimum absolute atomic E-state index is 0.129. The number of carbonyl (C=O) groups is 1. The predicted octanol–water partition coefficient (Wildman–Crippen LogP) is 2.43. The molecule has 0 N–H and O–H groups in total. The van der Waals surface area contributed by atoms with Gasteiger partial charge in [-0.2, -0.15) is 4.31 Å². The Hall–Kier alpha value is -2.29. The summed E-state index contributed by atoms with van der Waals surface area (Å²) in [6.45, 7) is 3.17. The van der Waals surface area contributed by atoms with Gasteiger partial charge < -0.3 is 9.64 Å². The van der Waals surface area contributed by atoms with Gasteiger partial charge in [-0.3, -0.25) is 4.79 Å². The Morgan fingerprint density at radius 3 is 2.54 bits per heavy atom. The maximum absolute atomic E-state index is 14.3. The third kappa shape index (κ3) is 4.24. The van der Waals surface area contributed by atoms with E-state index in [0.717, 1.165) is 23.3 Å². The molecular formula is C20H23FN2O4S. The van der Waals surface area contributed by atoms with Crippen LogP contribution in [0.4, 0.5) is 4.39 Å². The third-order valence-electron chi connectivity index (χ3n) is 4.78. The van der Waals surface area contributed by atoms with Crippen molar-refractivity contribution in [3.05, 3.63) is 65.0 Å². The average molecular weight is 406 g/mol. The summed E-state index contributed by atoms with van der Waals surface area (Å²) in [7, 11) is -2.40. The van der Waals surface area contributed by atoms with Gasteiger partial charge in [0.1, 0.15) is 10.7 Å². The number of morpholine rings is 1. The molecule has 28 heavy (non-hydrogen) atoms. The average Bonchev–Trinajstić information content (AvgIpc) is 2.70. The number of ether oxygens (including phenoxy) is 1. The Bertz CT molecular complexity index is 972. The summed E-state index contributed by atoms with van der Waals surface area (Å²) in [5.74, 6) is -1.24. The molecule has 1 heterocycles. The van der Waals surface area contributed by atoms with E-state index in [4.69, 9.17) is 4.74 Å². The molecule has 8 heteroatoms. The van der Waals surface area contributed by atoms with Gasteiger partial charge in [0.15, 0.2) is 0 Å². The van der Waals surface area contributed by atoms with Crippen LogP contribution in [-0.2, 0) is 21.3 Å². The van der Waals surface area contributed by atoms with E-state index in [1.807, 2.05) is 31.2 Å². The number of halogens is 1. The molecule has 1 saturated heterocycles. The fourth-order valence-electron chi connectivity index (χ4n) is 3.10. The van der Waals surface area contributed by atoms with Gasteiger partial charge in [-0.05, 0) is 36.2 Å². The molecule has 150 valence electrons. The Morgan fingerprint density at radius 2 is 1.86 bits per heavy atom. The SMILES string of the molecule is Cc1ccccc1CN(C)C(=O)c1ccc(F)c(S(=O)(=O)N2CCOCC2)c1. The molecule has 1 aliphatic heterocycles. The molecule has 6 nitrogen and oxygen atoms in total. The topological polar surface area (TPSA) is 66.9 Å². The first-order valence-electron chi connectivity index (χ1n) is 8.98. The van der Waals surface area contributed by atoms with Crippen molar-refractivity contribution in [2.24, 2.45) is 0 Å². The van der Waals surface area contributed by atoms with Crippen molar-refractivity contribution < 1.29 is 22.3 Å². The second-order valence-corrected chi connectivity index (χ2v) is 8.66. The number of aryl methyl sites for hydroxylation is 1. The monoisotopic (exact) mass is 406 g/mol. The molecule has 0 aromatic heterocycles. The molecule has 0 saturated carbocycles. The van der Waals surface area contributed by atoms with Gasteiger partial charge in [0.25, 0.3) is 5.91 Å². The van der Waals surface area contributed by atoms with E-state index >= 15 is 0 Å². The highest BCUT2D eigenvalue weighted by molar-refractivity contribution is 7.89. The van der Waals surface area contributed by atoms with Gasteiger partial charge in [0.05, 0.1) is 13.2 Å². The molecule has 1 aliphatic rings. The highest BCUT2D eigenvalue weighted by Crippen LogP contribution is 2.23. The maximum Gasteiger partial charge on any atom is 0.253 e. The van der Waals surface area contributed by atoms with Crippen LogP contribution in [0.5, 0.6) is 0 Å². The number of hydrogen-bond acceptors (Lipinski definition) is 4. The summed E-state index contributed by atoms with van der Waals surface area (Å²) in [6, 6.07) is 11.2. The van der Waals surface area contributed by atoms with Crippen LogP contribution < -0.4 is 0 Å². The van der Waals surface area contributed by atoms with Gasteiger partial charge in [0.2, 0.25) is 10.0 Å². The molecule has 0 bridgehead atoms. The Morgan fingerprint density at radius 1 is 1.18 bits per heavy atom. The van der Waals surface area contributed by atoms with Crippen LogP contribution in [0.2, 0.25) is 0 Å². The van der Waals surface area contributed by atoms with Crippen molar-refractivity contribution in [3.8, 4) is 0 Å². The van der Waals surface area contributed by atoms with Gasteiger partial charge in [-0.15, -0.1) is 0 Å². The van der Waals surface area contributed by atoms with Gasteiger partial charge in [-0.25, -0.2) is 12.8 Å². The number of sulfonamides is 1. The lowest BCUT2D eigenvalue weighted by Crippen LogP contribution is -2.41. The summed E-state index contributed by atoms with van der Waals surface area (Å²) >= 11 is 0. The van der Waals surface area contributed by atoms with Crippen molar-refractivity contribution in [1.82, 2.24) is 9.21 Å². The molecular weight excluding hydrogens is 383 g/mol. The van der Waals surface area contributed by atoms with E-state index in [0.29, 0.717) is 6.54 Å². The van der Waals surface area contributed by atoms with Gasteiger partial charge in [0, 0.05) is 32.2 Å². The number of benzene rings is 2. The number of carbonyl (C=O) groups excluding carboxylic acids is 1. The molecule has 2 aromatic carbocycles. The standard InChI is InChI=1S/C20H23FN2O4S/c1-15-5-3-4-6-17(15)14-22(2)20(24)16-7-8-18(21)19(13-16)28(25,26)23-9-11-27-12-10-23/h3-8,13H,9-12,14H2,1-2H3. The summed E-state index contributed by atoms with van der Waals surface area (Å²) in [5, 5.41) is 0. The number of nitrogens with zero attached hydrogens (tertiary/aromatic N) is 2. The maximum atomic E-state index is 14.3. The van der Waals surface area contributed by atoms with Crippen LogP contribution in [0.1, 0.15) is 21.5 Å². The minimum Gasteiger partial charge on any atom is -0.379 e. The van der Waals surface area contributed by atoms with Crippen molar-refractivity contribution in [3.63, 3.8) is 0 Å². The van der Waals surface area contributed by atoms with Crippen molar-refractivity contribution >= 4 is 15.9 Å². The lowest BCUT2D eigenvalue weighted by atomic mass is 10.1. The zero-order chi connectivity index (χ0) is 20.3. The molecule has 3 rings (SSSR count). The number of hydrogen-bond donors (Lipinski definition) is 0. The smallest absolute Gasteiger partial charge is 0.253 e. The van der Waals surface area contributed by atoms with Gasteiger partial charge >= 0.3 is 0 Å². The normalized spacial score (nSPS) is 15.4. The summed E-state index contributed by atoms with van der Waals surface area (Å²) in [5.41, 5.74) is 2.17. The zero-order valence-corrected chi connectivity index (χ0v) is 16.7. The van der Waals surface area contributed by atoms with E-state index in [1.54, 1.807) is 7.05 Å². The largest absolute Gasteiger partial charge is 0.379 e. The van der Waals surface area contributed by atoms with E-state index < -0.39 is 20.7 Å². The highest BCUT2D eigenvalue weighted by atomic mass is 32.2. The van der Waals surface area contributed by atoms with Crippen LogP contribution in [0.3, 0.4) is 0 Å². The predicted molar refractivity (Wildman–Crippen MR) is 103 cm³/mol. The van der Waals surface area contributed by atoms with Crippen molar-refractivity contribution in [1.29, 1.82) is 0 Å². The molecule has 1 fully saturated rings. The first-order valence-corrected chi connectivity index (χ1v) is 10.4. The fraction of sp³-hybridized carbons (Fsp3) is 0.350.